The summed E-state index contributed by atoms with van der Waals surface area (Å²) in [6, 6.07) is 25.3. The lowest BCUT2D eigenvalue weighted by atomic mass is 9.99. The van der Waals surface area contributed by atoms with Crippen LogP contribution in [-0.4, -0.2) is 92.9 Å². The highest BCUT2D eigenvalue weighted by Gasteiger charge is 2.35. The lowest BCUT2D eigenvalue weighted by Gasteiger charge is -2.30. The summed E-state index contributed by atoms with van der Waals surface area (Å²) in [6.45, 7) is 11.0. The van der Waals surface area contributed by atoms with Gasteiger partial charge in [0.15, 0.2) is 23.0 Å². The van der Waals surface area contributed by atoms with Crippen molar-refractivity contribution in [2.45, 2.75) is 52.1 Å². The number of hydrogen-bond acceptors (Lipinski definition) is 9. The molecule has 10 rings (SSSR count). The van der Waals surface area contributed by atoms with Crippen molar-refractivity contribution in [3.8, 4) is 23.0 Å². The van der Waals surface area contributed by atoms with Crippen LogP contribution in [0.2, 0.25) is 5.02 Å². The van der Waals surface area contributed by atoms with Gasteiger partial charge >= 0.3 is 0 Å². The first kappa shape index (κ1) is 48.2. The Morgan fingerprint density at radius 3 is 1.88 bits per heavy atom. The van der Waals surface area contributed by atoms with E-state index in [2.05, 4.69) is 27.4 Å². The lowest BCUT2D eigenvalue weighted by molar-refractivity contribution is 0.0990. The first-order valence-corrected chi connectivity index (χ1v) is 23.4. The second-order valence-corrected chi connectivity index (χ2v) is 18.6. The van der Waals surface area contributed by atoms with Gasteiger partial charge in [-0.2, -0.15) is 0 Å². The van der Waals surface area contributed by atoms with E-state index in [1.807, 2.05) is 84.7 Å². The molecule has 0 bridgehead atoms. The van der Waals surface area contributed by atoms with Gasteiger partial charge in [0.25, 0.3) is 11.8 Å². The van der Waals surface area contributed by atoms with Gasteiger partial charge in [-0.3, -0.25) is 19.4 Å². The number of fused-ring (bicyclic) bond motifs is 6. The van der Waals surface area contributed by atoms with Crippen LogP contribution in [0, 0.1) is 5.92 Å². The normalized spacial score (nSPS) is 16.4. The average molecular weight is 963 g/mol. The Hall–Kier alpha value is -4.69. The Labute approximate surface area is 402 Å². The zero-order chi connectivity index (χ0) is 43.6. The number of thiophene rings is 1. The van der Waals surface area contributed by atoms with Gasteiger partial charge in [0.1, 0.15) is 13.2 Å². The van der Waals surface area contributed by atoms with Crippen LogP contribution >= 0.6 is 47.8 Å². The van der Waals surface area contributed by atoms with Crippen LogP contribution in [0.25, 0.3) is 21.0 Å². The molecule has 346 valence electrons. The number of benzene rings is 4. The van der Waals surface area contributed by atoms with Gasteiger partial charge in [-0.25, -0.2) is 0 Å². The Kier molecular flexibility index (Phi) is 15.8. The van der Waals surface area contributed by atoms with E-state index < -0.39 is 0 Å². The number of hydrogen-bond donors (Lipinski definition) is 0. The number of carbonyl (C=O) groups excluding carboxylic acids is 2. The average Bonchev–Trinajstić information content (AvgIpc) is 4.03. The van der Waals surface area contributed by atoms with Crippen LogP contribution in [-0.2, 0) is 20.1 Å². The van der Waals surface area contributed by atoms with Crippen LogP contribution in [0.4, 0.5) is 11.4 Å². The van der Waals surface area contributed by atoms with Crippen molar-refractivity contribution < 1.29 is 28.5 Å². The molecule has 4 aromatic carbocycles. The second-order valence-electron chi connectivity index (χ2n) is 17.0. The van der Waals surface area contributed by atoms with Crippen molar-refractivity contribution in [2.24, 2.45) is 13.0 Å². The summed E-state index contributed by atoms with van der Waals surface area (Å²) in [7, 11) is 5.29. The van der Waals surface area contributed by atoms with E-state index >= 15 is 0 Å². The largest absolute Gasteiger partial charge is 0.493 e. The van der Waals surface area contributed by atoms with Crippen LogP contribution in [0.15, 0.2) is 78.9 Å². The van der Waals surface area contributed by atoms with Crippen molar-refractivity contribution in [1.82, 2.24) is 14.4 Å². The van der Waals surface area contributed by atoms with Gasteiger partial charge in [-0.15, -0.1) is 36.2 Å². The number of carbonyl (C=O) groups is 2. The minimum absolute atomic E-state index is 0. The van der Waals surface area contributed by atoms with Crippen molar-refractivity contribution >= 4 is 91.9 Å². The molecule has 6 aromatic rings. The van der Waals surface area contributed by atoms with E-state index in [9.17, 15) is 9.59 Å². The number of nitrogens with zero attached hydrogens (tertiary/aromatic N) is 5. The van der Waals surface area contributed by atoms with Crippen LogP contribution < -0.4 is 28.7 Å². The van der Waals surface area contributed by atoms with Crippen molar-refractivity contribution in [1.29, 1.82) is 0 Å². The molecule has 2 fully saturated rings. The van der Waals surface area contributed by atoms with Crippen LogP contribution in [0.5, 0.6) is 23.0 Å². The second kappa shape index (κ2) is 21.3. The smallest absolute Gasteiger partial charge is 0.261 e. The Bertz CT molecular complexity index is 2640. The van der Waals surface area contributed by atoms with E-state index in [0.29, 0.717) is 54.3 Å². The molecule has 4 aliphatic heterocycles. The standard InChI is InChI=1S/C26H30ClN3O3.C24H26N2O3S.2ClH/c1-17-8-10-29(11-9-17)12-13-33-24-15-19(5-7-23(24)32-3)30-16-22-25(26(30)31)20-14-18(27)4-6-21(20)28(22)2;1-28-19-10-9-17(15-20(19)29-14-13-25-11-5-2-6-12-25)26-16-22-23(24(26)27)18-7-3-4-8-21(18)30-22;;/h4-7,14-15,17H,8-13,16H2,1-3H3;3-4,7-10,15H,2,5-6,11-14,16H2,1H3;2*1H. The Morgan fingerprint density at radius 1 is 0.662 bits per heavy atom. The highest BCUT2D eigenvalue weighted by molar-refractivity contribution is 7.19. The molecule has 2 aromatic heterocycles. The molecule has 0 unspecified atom stereocenters. The highest BCUT2D eigenvalue weighted by Crippen LogP contribution is 2.42. The molecule has 2 saturated heterocycles. The summed E-state index contributed by atoms with van der Waals surface area (Å²) in [5, 5.41) is 2.58. The fourth-order valence-electron chi connectivity index (χ4n) is 9.39. The number of ether oxygens (including phenoxy) is 4. The number of likely N-dealkylation sites (tertiary alicyclic amines) is 2. The third-order valence-corrected chi connectivity index (χ3v) is 14.4. The van der Waals surface area contributed by atoms with Gasteiger partial charge in [0.2, 0.25) is 0 Å². The number of piperidine rings is 2. The zero-order valence-corrected chi connectivity index (χ0v) is 40.7. The Balaban J connectivity index is 0.000000189. The summed E-state index contributed by atoms with van der Waals surface area (Å²) < 4.78 is 26.5. The molecular formula is C50H58Cl3N5O6S. The lowest BCUT2D eigenvalue weighted by Crippen LogP contribution is -2.35. The first-order valence-electron chi connectivity index (χ1n) is 22.2. The van der Waals surface area contributed by atoms with Gasteiger partial charge < -0.3 is 33.3 Å². The molecule has 2 amide bonds. The molecule has 0 radical (unpaired) electrons. The third kappa shape index (κ3) is 10.0. The Morgan fingerprint density at radius 2 is 1.25 bits per heavy atom. The SMILES string of the molecule is COc1ccc(N2Cc3c(c4cc(Cl)ccc4n3C)C2=O)cc1OCCN1CCC(C)CC1.COc1ccc(N2Cc3sc4ccccc4c3C2=O)cc1OCCN1CCCCC1.Cl.Cl. The minimum Gasteiger partial charge on any atom is -0.493 e. The number of rotatable bonds is 12. The molecule has 6 heterocycles. The summed E-state index contributed by atoms with van der Waals surface area (Å²) in [4.78, 5) is 36.3. The number of aryl methyl sites for hydroxylation is 1. The highest BCUT2D eigenvalue weighted by atomic mass is 35.5. The molecule has 0 spiro atoms. The maximum Gasteiger partial charge on any atom is 0.261 e. The summed E-state index contributed by atoms with van der Waals surface area (Å²) in [6.07, 6.45) is 6.37. The van der Waals surface area contributed by atoms with E-state index in [4.69, 9.17) is 30.5 Å². The van der Waals surface area contributed by atoms with E-state index in [1.54, 1.807) is 30.5 Å². The fourth-order valence-corrected chi connectivity index (χ4v) is 10.7. The summed E-state index contributed by atoms with van der Waals surface area (Å²) in [5.74, 6) is 3.59. The van der Waals surface area contributed by atoms with Gasteiger partial charge in [-0.05, 0) is 106 Å². The van der Waals surface area contributed by atoms with Gasteiger partial charge in [0, 0.05) is 74.5 Å². The van der Waals surface area contributed by atoms with Crippen molar-refractivity contribution in [3.63, 3.8) is 0 Å². The number of amides is 2. The van der Waals surface area contributed by atoms with Crippen LogP contribution in [0.3, 0.4) is 0 Å². The molecule has 15 heteroatoms. The topological polar surface area (TPSA) is 89.0 Å². The van der Waals surface area contributed by atoms with Crippen molar-refractivity contribution in [3.05, 3.63) is 106 Å². The third-order valence-electron chi connectivity index (χ3n) is 13.1. The maximum absolute atomic E-state index is 13.4. The molecule has 0 N–H and O–H groups in total. The molecule has 0 aliphatic carbocycles. The van der Waals surface area contributed by atoms with E-state index in [0.717, 1.165) is 94.5 Å². The van der Waals surface area contributed by atoms with E-state index in [-0.39, 0.29) is 36.6 Å². The molecule has 11 nitrogen and oxygen atoms in total. The molecule has 0 atom stereocenters. The van der Waals surface area contributed by atoms with Crippen molar-refractivity contribution in [2.75, 3.05) is 76.5 Å². The summed E-state index contributed by atoms with van der Waals surface area (Å²) in [5.41, 5.74) is 5.24. The first-order chi connectivity index (χ1) is 30.7. The predicted molar refractivity (Wildman–Crippen MR) is 267 cm³/mol. The maximum atomic E-state index is 13.4. The number of halogens is 3. The summed E-state index contributed by atoms with van der Waals surface area (Å²) >= 11 is 7.93. The fraction of sp³-hybridized carbons (Fsp3) is 0.400. The predicted octanol–water partition coefficient (Wildman–Crippen LogP) is 10.9. The molecule has 0 saturated carbocycles. The quantitative estimate of drug-likeness (QED) is 0.120. The minimum atomic E-state index is -0.0172. The monoisotopic (exact) mass is 961 g/mol. The van der Waals surface area contributed by atoms with Gasteiger partial charge in [0.05, 0.1) is 44.1 Å². The number of anilines is 2. The molecule has 65 heavy (non-hydrogen) atoms. The van der Waals surface area contributed by atoms with Crippen LogP contribution in [0.1, 0.15) is 70.3 Å². The number of aromatic nitrogens is 1. The number of methoxy groups -OCH3 is 2. The van der Waals surface area contributed by atoms with E-state index in [1.165, 1.54) is 36.8 Å². The molecular weight excluding hydrogens is 905 g/mol. The van der Waals surface area contributed by atoms with Gasteiger partial charge in [-0.1, -0.05) is 43.1 Å². The molecule has 4 aliphatic rings. The zero-order valence-electron chi connectivity index (χ0n) is 37.5.